The van der Waals surface area contributed by atoms with Crippen molar-refractivity contribution >= 4 is 33.0 Å². The molecule has 0 aliphatic rings. The van der Waals surface area contributed by atoms with Crippen molar-refractivity contribution in [3.8, 4) is 6.07 Å². The topological polar surface area (TPSA) is 87.0 Å². The summed E-state index contributed by atoms with van der Waals surface area (Å²) in [6.45, 7) is 3.54. The number of nitrogens with zero attached hydrogens (tertiary/aromatic N) is 1. The lowest BCUT2D eigenvalue weighted by atomic mass is 10.2. The molecule has 1 aromatic rings. The zero-order chi connectivity index (χ0) is 15.3. The Labute approximate surface area is 123 Å². The van der Waals surface area contributed by atoms with Gasteiger partial charge in [-0.2, -0.15) is 5.26 Å². The molecule has 1 amide bonds. The molecule has 0 atom stereocenters. The third-order valence-corrected chi connectivity index (χ3v) is 4.51. The van der Waals surface area contributed by atoms with E-state index in [-0.39, 0.29) is 22.3 Å². The zero-order valence-electron chi connectivity index (χ0n) is 11.2. The van der Waals surface area contributed by atoms with Crippen molar-refractivity contribution in [3.63, 3.8) is 0 Å². The number of halogens is 1. The summed E-state index contributed by atoms with van der Waals surface area (Å²) in [7, 11) is -3.43. The number of nitrogens with one attached hydrogen (secondary N) is 1. The minimum atomic E-state index is -3.43. The number of anilines is 1. The Morgan fingerprint density at radius 3 is 2.65 bits per heavy atom. The van der Waals surface area contributed by atoms with Gasteiger partial charge in [0.15, 0.2) is 9.84 Å². The number of sulfone groups is 1. The molecular weight excluding hydrogens is 300 g/mol. The molecular formula is C13H15ClN2O3S. The van der Waals surface area contributed by atoms with Crippen molar-refractivity contribution in [3.05, 3.63) is 28.8 Å². The lowest BCUT2D eigenvalue weighted by Crippen LogP contribution is -2.26. The first-order valence-electron chi connectivity index (χ1n) is 5.93. The number of rotatable bonds is 5. The summed E-state index contributed by atoms with van der Waals surface area (Å²) in [4.78, 5) is 11.7. The molecule has 0 aliphatic carbocycles. The van der Waals surface area contributed by atoms with Crippen molar-refractivity contribution in [2.45, 2.75) is 13.8 Å². The average Bonchev–Trinajstić information content (AvgIpc) is 2.28. The summed E-state index contributed by atoms with van der Waals surface area (Å²) in [5.74, 6) is -1.27. The summed E-state index contributed by atoms with van der Waals surface area (Å²) >= 11 is 5.77. The first-order chi connectivity index (χ1) is 9.23. The molecule has 0 spiro atoms. The molecule has 0 aliphatic heterocycles. The van der Waals surface area contributed by atoms with E-state index in [1.807, 2.05) is 6.07 Å². The fraction of sp³-hybridized carbons (Fsp3) is 0.385. The standard InChI is InChI=1S/C13H15ClN2O3S/c1-9(2)7-20(18,19)8-13(17)16-11-3-4-12(14)10(5-11)6-15/h3-5,9H,7-8H2,1-2H3,(H,16,17). The van der Waals surface area contributed by atoms with Crippen LogP contribution in [0.5, 0.6) is 0 Å². The van der Waals surface area contributed by atoms with E-state index in [0.717, 1.165) is 0 Å². The lowest BCUT2D eigenvalue weighted by Gasteiger charge is -2.08. The van der Waals surface area contributed by atoms with Gasteiger partial charge in [-0.1, -0.05) is 25.4 Å². The third-order valence-electron chi connectivity index (χ3n) is 2.31. The van der Waals surface area contributed by atoms with E-state index in [2.05, 4.69) is 5.32 Å². The fourth-order valence-corrected chi connectivity index (χ4v) is 3.42. The summed E-state index contributed by atoms with van der Waals surface area (Å²) in [6, 6.07) is 6.26. The fourth-order valence-electron chi connectivity index (χ4n) is 1.65. The first-order valence-corrected chi connectivity index (χ1v) is 8.13. The minimum Gasteiger partial charge on any atom is -0.325 e. The maximum atomic E-state index is 11.7. The molecule has 7 heteroatoms. The first kappa shape index (κ1) is 16.5. The number of nitriles is 1. The van der Waals surface area contributed by atoms with Crippen LogP contribution in [0.3, 0.4) is 0 Å². The predicted octanol–water partition coefficient (Wildman–Crippen LogP) is 2.22. The molecule has 0 saturated heterocycles. The van der Waals surface area contributed by atoms with Crippen molar-refractivity contribution < 1.29 is 13.2 Å². The maximum absolute atomic E-state index is 11.7. The van der Waals surface area contributed by atoms with Crippen LogP contribution in [-0.4, -0.2) is 25.8 Å². The molecule has 1 rings (SSSR count). The summed E-state index contributed by atoms with van der Waals surface area (Å²) in [5, 5.41) is 11.5. The van der Waals surface area contributed by atoms with Crippen LogP contribution in [0.2, 0.25) is 5.02 Å². The molecule has 1 N–H and O–H groups in total. The molecule has 1 aromatic carbocycles. The highest BCUT2D eigenvalue weighted by Gasteiger charge is 2.18. The van der Waals surface area contributed by atoms with Gasteiger partial charge in [0.25, 0.3) is 0 Å². The number of hydrogen-bond donors (Lipinski definition) is 1. The predicted molar refractivity (Wildman–Crippen MR) is 78.3 cm³/mol. The number of carbonyl (C=O) groups excluding carboxylic acids is 1. The number of amides is 1. The molecule has 5 nitrogen and oxygen atoms in total. The van der Waals surface area contributed by atoms with Crippen molar-refractivity contribution in [1.29, 1.82) is 5.26 Å². The minimum absolute atomic E-state index is 0.0338. The highest BCUT2D eigenvalue weighted by Crippen LogP contribution is 2.19. The Morgan fingerprint density at radius 1 is 1.45 bits per heavy atom. The van der Waals surface area contributed by atoms with E-state index in [1.165, 1.54) is 18.2 Å². The van der Waals surface area contributed by atoms with Crippen LogP contribution in [0.1, 0.15) is 19.4 Å². The molecule has 108 valence electrons. The number of carbonyl (C=O) groups is 1. The van der Waals surface area contributed by atoms with Gasteiger partial charge in [-0.25, -0.2) is 8.42 Å². The van der Waals surface area contributed by atoms with Crippen LogP contribution in [0.25, 0.3) is 0 Å². The summed E-state index contributed by atoms with van der Waals surface area (Å²) < 4.78 is 23.4. The monoisotopic (exact) mass is 314 g/mol. The summed E-state index contributed by atoms with van der Waals surface area (Å²) in [5.41, 5.74) is 0.560. The van der Waals surface area contributed by atoms with Crippen LogP contribution in [0.15, 0.2) is 18.2 Å². The SMILES string of the molecule is CC(C)CS(=O)(=O)CC(=O)Nc1ccc(Cl)c(C#N)c1. The molecule has 0 bridgehead atoms. The molecule has 0 saturated carbocycles. The van der Waals surface area contributed by atoms with E-state index >= 15 is 0 Å². The van der Waals surface area contributed by atoms with Gasteiger partial charge in [-0.3, -0.25) is 4.79 Å². The largest absolute Gasteiger partial charge is 0.325 e. The van der Waals surface area contributed by atoms with Crippen LogP contribution in [-0.2, 0) is 14.6 Å². The lowest BCUT2D eigenvalue weighted by molar-refractivity contribution is -0.113. The molecule has 0 radical (unpaired) electrons. The zero-order valence-corrected chi connectivity index (χ0v) is 12.8. The van der Waals surface area contributed by atoms with Crippen LogP contribution >= 0.6 is 11.6 Å². The highest BCUT2D eigenvalue weighted by molar-refractivity contribution is 7.92. The van der Waals surface area contributed by atoms with Gasteiger partial charge in [0.05, 0.1) is 16.3 Å². The van der Waals surface area contributed by atoms with E-state index in [4.69, 9.17) is 16.9 Å². The Hall–Kier alpha value is -1.58. The molecule has 0 fully saturated rings. The van der Waals surface area contributed by atoms with Crippen molar-refractivity contribution in [2.75, 3.05) is 16.8 Å². The second-order valence-electron chi connectivity index (χ2n) is 4.80. The maximum Gasteiger partial charge on any atom is 0.239 e. The van der Waals surface area contributed by atoms with Gasteiger partial charge in [0.1, 0.15) is 11.8 Å². The van der Waals surface area contributed by atoms with Crippen LogP contribution in [0.4, 0.5) is 5.69 Å². The van der Waals surface area contributed by atoms with Crippen LogP contribution < -0.4 is 5.32 Å². The smallest absolute Gasteiger partial charge is 0.239 e. The number of hydrogen-bond acceptors (Lipinski definition) is 4. The molecule has 0 unspecified atom stereocenters. The Morgan fingerprint density at radius 2 is 2.10 bits per heavy atom. The average molecular weight is 315 g/mol. The Bertz CT molecular complexity index is 648. The van der Waals surface area contributed by atoms with Gasteiger partial charge in [0.2, 0.25) is 5.91 Å². The van der Waals surface area contributed by atoms with E-state index < -0.39 is 21.5 Å². The third kappa shape index (κ3) is 5.19. The van der Waals surface area contributed by atoms with Gasteiger partial charge < -0.3 is 5.32 Å². The molecule has 0 aromatic heterocycles. The normalized spacial score (nSPS) is 11.2. The Balaban J connectivity index is 2.75. The summed E-state index contributed by atoms with van der Waals surface area (Å²) in [6.07, 6.45) is 0. The van der Waals surface area contributed by atoms with Crippen LogP contribution in [0, 0.1) is 17.2 Å². The van der Waals surface area contributed by atoms with Gasteiger partial charge >= 0.3 is 0 Å². The molecule has 20 heavy (non-hydrogen) atoms. The van der Waals surface area contributed by atoms with E-state index in [1.54, 1.807) is 13.8 Å². The van der Waals surface area contributed by atoms with Gasteiger partial charge in [-0.05, 0) is 24.1 Å². The van der Waals surface area contributed by atoms with Gasteiger partial charge in [-0.15, -0.1) is 0 Å². The van der Waals surface area contributed by atoms with E-state index in [9.17, 15) is 13.2 Å². The van der Waals surface area contributed by atoms with Crippen molar-refractivity contribution in [1.82, 2.24) is 0 Å². The highest BCUT2D eigenvalue weighted by atomic mass is 35.5. The Kier molecular flexibility index (Phi) is 5.54. The quantitative estimate of drug-likeness (QED) is 0.902. The number of benzene rings is 1. The second kappa shape index (κ2) is 6.73. The molecule has 0 heterocycles. The van der Waals surface area contributed by atoms with Crippen molar-refractivity contribution in [2.24, 2.45) is 5.92 Å². The second-order valence-corrected chi connectivity index (χ2v) is 7.32. The van der Waals surface area contributed by atoms with E-state index in [0.29, 0.717) is 5.69 Å². The van der Waals surface area contributed by atoms with Gasteiger partial charge in [0, 0.05) is 5.69 Å².